The van der Waals surface area contributed by atoms with E-state index in [2.05, 4.69) is 10.3 Å². The summed E-state index contributed by atoms with van der Waals surface area (Å²) in [5.41, 5.74) is 2.17. The highest BCUT2D eigenvalue weighted by atomic mass is 19.4. The van der Waals surface area contributed by atoms with Crippen molar-refractivity contribution >= 4 is 5.91 Å². The quantitative estimate of drug-likeness (QED) is 0.703. The number of nitrogens with zero attached hydrogens (tertiary/aromatic N) is 2. The van der Waals surface area contributed by atoms with Gasteiger partial charge in [0, 0.05) is 44.9 Å². The van der Waals surface area contributed by atoms with Crippen LogP contribution in [0.15, 0.2) is 12.4 Å². The Balaban J connectivity index is 2.83. The maximum atomic E-state index is 13.2. The van der Waals surface area contributed by atoms with Crippen LogP contribution in [-0.4, -0.2) is 39.8 Å². The molecule has 0 aliphatic rings. The fraction of sp³-hybridized carbons (Fsp3) is 0.667. The fourth-order valence-corrected chi connectivity index (χ4v) is 1.79. The van der Waals surface area contributed by atoms with Gasteiger partial charge >= 0.3 is 6.18 Å². The van der Waals surface area contributed by atoms with Crippen LogP contribution in [0.4, 0.5) is 13.2 Å². The van der Waals surface area contributed by atoms with Gasteiger partial charge in [0.25, 0.3) is 0 Å². The van der Waals surface area contributed by atoms with Gasteiger partial charge in [-0.25, -0.2) is 4.98 Å². The van der Waals surface area contributed by atoms with E-state index in [0.717, 1.165) is 4.57 Å². The molecule has 0 saturated carbocycles. The van der Waals surface area contributed by atoms with Crippen LogP contribution in [0.25, 0.3) is 0 Å². The summed E-state index contributed by atoms with van der Waals surface area (Å²) < 4.78 is 40.6. The highest BCUT2D eigenvalue weighted by Crippen LogP contribution is 2.40. The van der Waals surface area contributed by atoms with Crippen LogP contribution in [0.1, 0.15) is 19.2 Å². The van der Waals surface area contributed by atoms with Crippen molar-refractivity contribution in [2.75, 3.05) is 13.1 Å². The lowest BCUT2D eigenvalue weighted by molar-refractivity contribution is -0.272. The Morgan fingerprint density at radius 1 is 1.57 bits per heavy atom. The van der Waals surface area contributed by atoms with Crippen LogP contribution in [0, 0.1) is 5.92 Å². The van der Waals surface area contributed by atoms with Crippen LogP contribution in [0.5, 0.6) is 0 Å². The van der Waals surface area contributed by atoms with Crippen LogP contribution in [0.2, 0.25) is 0 Å². The molecule has 9 heteroatoms. The highest BCUT2D eigenvalue weighted by Gasteiger charge is 2.57. The number of halogens is 3. The molecule has 0 aliphatic carbocycles. The molecule has 1 aromatic heterocycles. The SMILES string of the molecule is CC(CN)C(=O)NCCC(O)(c1nccn1C)C(F)(F)F. The van der Waals surface area contributed by atoms with Gasteiger partial charge in [-0.1, -0.05) is 6.92 Å². The lowest BCUT2D eigenvalue weighted by Gasteiger charge is -2.30. The van der Waals surface area contributed by atoms with E-state index in [1.807, 2.05) is 0 Å². The summed E-state index contributed by atoms with van der Waals surface area (Å²) in [6.45, 7) is 1.31. The first-order valence-corrected chi connectivity index (χ1v) is 6.38. The minimum absolute atomic E-state index is 0.0920. The van der Waals surface area contributed by atoms with Crippen molar-refractivity contribution in [3.63, 3.8) is 0 Å². The number of carbonyl (C=O) groups is 1. The number of aliphatic hydroxyl groups is 1. The zero-order valence-corrected chi connectivity index (χ0v) is 11.8. The molecule has 0 fully saturated rings. The van der Waals surface area contributed by atoms with Gasteiger partial charge in [-0.05, 0) is 0 Å². The number of aryl methyl sites for hydroxylation is 1. The smallest absolute Gasteiger partial charge is 0.374 e. The minimum atomic E-state index is -4.91. The molecule has 1 aromatic rings. The number of hydrogen-bond acceptors (Lipinski definition) is 4. The molecule has 2 unspecified atom stereocenters. The van der Waals surface area contributed by atoms with Gasteiger partial charge < -0.3 is 20.7 Å². The summed E-state index contributed by atoms with van der Waals surface area (Å²) in [5.74, 6) is -1.48. The normalized spacial score (nSPS) is 16.3. The van der Waals surface area contributed by atoms with Crippen LogP contribution in [0.3, 0.4) is 0 Å². The van der Waals surface area contributed by atoms with Crippen LogP contribution < -0.4 is 11.1 Å². The molecule has 120 valence electrons. The molecular weight excluding hydrogens is 289 g/mol. The number of hydrogen-bond donors (Lipinski definition) is 3. The van der Waals surface area contributed by atoms with Gasteiger partial charge in [0.15, 0.2) is 0 Å². The second-order valence-corrected chi connectivity index (χ2v) is 4.90. The molecule has 4 N–H and O–H groups in total. The Morgan fingerprint density at radius 2 is 2.19 bits per heavy atom. The van der Waals surface area contributed by atoms with Gasteiger partial charge in [-0.2, -0.15) is 13.2 Å². The Kier molecular flexibility index (Phi) is 5.35. The van der Waals surface area contributed by atoms with E-state index in [1.165, 1.54) is 19.4 Å². The number of alkyl halides is 3. The summed E-state index contributed by atoms with van der Waals surface area (Å²) in [7, 11) is 1.36. The number of carbonyl (C=O) groups excluding carboxylic acids is 1. The van der Waals surface area contributed by atoms with Crippen molar-refractivity contribution in [1.82, 2.24) is 14.9 Å². The van der Waals surface area contributed by atoms with Crippen LogP contribution in [-0.2, 0) is 17.4 Å². The third-order valence-corrected chi connectivity index (χ3v) is 3.25. The zero-order valence-electron chi connectivity index (χ0n) is 11.8. The second kappa shape index (κ2) is 6.44. The van der Waals surface area contributed by atoms with E-state index < -0.39 is 35.8 Å². The molecule has 1 amide bonds. The summed E-state index contributed by atoms with van der Waals surface area (Å²) >= 11 is 0. The van der Waals surface area contributed by atoms with E-state index in [-0.39, 0.29) is 13.1 Å². The lowest BCUT2D eigenvalue weighted by Crippen LogP contribution is -2.47. The first-order chi connectivity index (χ1) is 9.63. The van der Waals surface area contributed by atoms with Crippen molar-refractivity contribution in [3.05, 3.63) is 18.2 Å². The first-order valence-electron chi connectivity index (χ1n) is 6.38. The van der Waals surface area contributed by atoms with Crippen LogP contribution >= 0.6 is 0 Å². The van der Waals surface area contributed by atoms with E-state index >= 15 is 0 Å². The monoisotopic (exact) mass is 308 g/mol. The van der Waals surface area contributed by atoms with Gasteiger partial charge in [0.1, 0.15) is 5.82 Å². The number of amides is 1. The molecule has 0 spiro atoms. The molecule has 21 heavy (non-hydrogen) atoms. The molecule has 1 heterocycles. The topological polar surface area (TPSA) is 93.2 Å². The molecule has 2 atom stereocenters. The zero-order chi connectivity index (χ0) is 16.3. The van der Waals surface area contributed by atoms with Gasteiger partial charge in [-0.15, -0.1) is 0 Å². The molecule has 1 rings (SSSR count). The molecule has 0 radical (unpaired) electrons. The van der Waals surface area contributed by atoms with E-state index in [1.54, 1.807) is 6.92 Å². The average Bonchev–Trinajstić information content (AvgIpc) is 2.82. The molecule has 0 aromatic carbocycles. The maximum absolute atomic E-state index is 13.2. The summed E-state index contributed by atoms with van der Waals surface area (Å²) in [4.78, 5) is 15.1. The van der Waals surface area contributed by atoms with Gasteiger partial charge in [0.05, 0.1) is 0 Å². The largest absolute Gasteiger partial charge is 0.424 e. The predicted molar refractivity (Wildman–Crippen MR) is 69.0 cm³/mol. The van der Waals surface area contributed by atoms with E-state index in [0.29, 0.717) is 0 Å². The molecule has 0 aliphatic heterocycles. The standard InChI is InChI=1S/C12H19F3N4O2/c1-8(7-16)9(20)17-4-3-11(21,12(13,14)15)10-18-5-6-19(10)2/h5-6,8,21H,3-4,7,16H2,1-2H3,(H,17,20). The summed E-state index contributed by atoms with van der Waals surface area (Å²) in [6.07, 6.45) is -3.16. The molecule has 0 bridgehead atoms. The van der Waals surface area contributed by atoms with Crippen molar-refractivity contribution in [1.29, 1.82) is 0 Å². The molecular formula is C12H19F3N4O2. The number of nitrogens with two attached hydrogens (primary N) is 1. The van der Waals surface area contributed by atoms with E-state index in [4.69, 9.17) is 5.73 Å². The second-order valence-electron chi connectivity index (χ2n) is 4.90. The minimum Gasteiger partial charge on any atom is -0.374 e. The highest BCUT2D eigenvalue weighted by molar-refractivity contribution is 5.78. The lowest BCUT2D eigenvalue weighted by atomic mass is 9.97. The number of nitrogens with one attached hydrogen (secondary N) is 1. The van der Waals surface area contributed by atoms with Crippen molar-refractivity contribution < 1.29 is 23.1 Å². The molecule has 0 saturated heterocycles. The van der Waals surface area contributed by atoms with Crippen molar-refractivity contribution in [2.24, 2.45) is 18.7 Å². The summed E-state index contributed by atoms with van der Waals surface area (Å²) in [5, 5.41) is 12.3. The number of imidazole rings is 1. The number of aromatic nitrogens is 2. The third-order valence-electron chi connectivity index (χ3n) is 3.25. The van der Waals surface area contributed by atoms with Gasteiger partial charge in [-0.3, -0.25) is 4.79 Å². The van der Waals surface area contributed by atoms with Crippen molar-refractivity contribution in [3.8, 4) is 0 Å². The fourth-order valence-electron chi connectivity index (χ4n) is 1.79. The Labute approximate surface area is 120 Å². The Bertz CT molecular complexity index is 489. The summed E-state index contributed by atoms with van der Waals surface area (Å²) in [6, 6.07) is 0. The van der Waals surface area contributed by atoms with Gasteiger partial charge in [0.2, 0.25) is 11.5 Å². The first kappa shape index (κ1) is 17.4. The maximum Gasteiger partial charge on any atom is 0.424 e. The van der Waals surface area contributed by atoms with E-state index in [9.17, 15) is 23.1 Å². The Hall–Kier alpha value is -1.61. The molecule has 6 nitrogen and oxygen atoms in total. The number of rotatable bonds is 6. The average molecular weight is 308 g/mol. The van der Waals surface area contributed by atoms with Crippen molar-refractivity contribution in [2.45, 2.75) is 25.1 Å². The third kappa shape index (κ3) is 3.73. The predicted octanol–water partition coefficient (Wildman–Crippen LogP) is 0.271. The Morgan fingerprint density at radius 3 is 2.62 bits per heavy atom.